The van der Waals surface area contributed by atoms with Gasteiger partial charge in [0.15, 0.2) is 0 Å². The number of rotatable bonds is 5. The molecule has 1 aromatic rings. The molecule has 0 spiro atoms. The van der Waals surface area contributed by atoms with E-state index in [1.807, 2.05) is 0 Å². The summed E-state index contributed by atoms with van der Waals surface area (Å²) in [5.41, 5.74) is 5.14. The minimum absolute atomic E-state index is 0.0827. The lowest BCUT2D eigenvalue weighted by Gasteiger charge is -2.40. The number of benzene rings is 1. The molecule has 1 aliphatic carbocycles. The van der Waals surface area contributed by atoms with Crippen LogP contribution in [0.2, 0.25) is 0 Å². The number of anilines is 2. The molecule has 1 aromatic carbocycles. The van der Waals surface area contributed by atoms with Gasteiger partial charge in [0, 0.05) is 19.3 Å². The van der Waals surface area contributed by atoms with Crippen molar-refractivity contribution in [2.24, 2.45) is 0 Å². The summed E-state index contributed by atoms with van der Waals surface area (Å²) in [6.07, 6.45) is 2.91. The Morgan fingerprint density at radius 3 is 2.74 bits per heavy atom. The molecule has 0 unspecified atom stereocenters. The van der Waals surface area contributed by atoms with Gasteiger partial charge in [0.2, 0.25) is 0 Å². The number of hydrogen-bond acceptors (Lipinski definition) is 4. The van der Waals surface area contributed by atoms with Gasteiger partial charge in [0.25, 0.3) is 0 Å². The first-order valence-corrected chi connectivity index (χ1v) is 6.09. The average Bonchev–Trinajstić information content (AvgIpc) is 2.30. The van der Waals surface area contributed by atoms with E-state index in [2.05, 4.69) is 5.32 Å². The minimum atomic E-state index is -1.18. The normalized spacial score (nSPS) is 16.7. The van der Waals surface area contributed by atoms with Gasteiger partial charge in [-0.15, -0.1) is 0 Å². The fourth-order valence-electron chi connectivity index (χ4n) is 2.19. The summed E-state index contributed by atoms with van der Waals surface area (Å²) >= 11 is 0. The van der Waals surface area contributed by atoms with Crippen LogP contribution < -0.4 is 11.1 Å². The summed E-state index contributed by atoms with van der Waals surface area (Å²) in [6, 6.07) is 2.24. The van der Waals surface area contributed by atoms with Crippen LogP contribution in [0, 0.1) is 5.82 Å². The molecule has 1 saturated carbocycles. The van der Waals surface area contributed by atoms with Crippen molar-refractivity contribution in [3.63, 3.8) is 0 Å². The number of carboxylic acids is 1. The van der Waals surface area contributed by atoms with Crippen molar-refractivity contribution in [1.82, 2.24) is 0 Å². The molecule has 1 fully saturated rings. The molecule has 2 rings (SSSR count). The number of nitrogen functional groups attached to an aromatic ring is 1. The summed E-state index contributed by atoms with van der Waals surface area (Å²) in [5, 5.41) is 11.9. The zero-order valence-electron chi connectivity index (χ0n) is 10.7. The van der Waals surface area contributed by atoms with Crippen LogP contribution in [0.4, 0.5) is 15.8 Å². The van der Waals surface area contributed by atoms with E-state index in [0.717, 1.165) is 25.3 Å². The van der Waals surface area contributed by atoms with Gasteiger partial charge in [-0.1, -0.05) is 0 Å². The minimum Gasteiger partial charge on any atom is -0.478 e. The Morgan fingerprint density at radius 1 is 1.58 bits per heavy atom. The molecular formula is C13H17FN2O3. The second-order valence-corrected chi connectivity index (χ2v) is 4.82. The lowest BCUT2D eigenvalue weighted by Crippen LogP contribution is -2.45. The molecular weight excluding hydrogens is 251 g/mol. The Kier molecular flexibility index (Phi) is 3.61. The molecule has 5 nitrogen and oxygen atoms in total. The smallest absolute Gasteiger partial charge is 0.337 e. The van der Waals surface area contributed by atoms with Crippen molar-refractivity contribution < 1.29 is 19.0 Å². The molecule has 0 bridgehead atoms. The second kappa shape index (κ2) is 5.05. The van der Waals surface area contributed by atoms with Crippen LogP contribution in [0.25, 0.3) is 0 Å². The van der Waals surface area contributed by atoms with Crippen molar-refractivity contribution in [3.05, 3.63) is 23.5 Å². The number of nitrogens with one attached hydrogen (secondary N) is 1. The van der Waals surface area contributed by atoms with Gasteiger partial charge in [-0.25, -0.2) is 9.18 Å². The molecule has 0 heterocycles. The molecule has 1 aliphatic rings. The van der Waals surface area contributed by atoms with E-state index in [9.17, 15) is 9.18 Å². The predicted molar refractivity (Wildman–Crippen MR) is 69.9 cm³/mol. The fourth-order valence-corrected chi connectivity index (χ4v) is 2.19. The summed E-state index contributed by atoms with van der Waals surface area (Å²) in [6.45, 7) is 0.448. The summed E-state index contributed by atoms with van der Waals surface area (Å²) in [4.78, 5) is 11.0. The van der Waals surface area contributed by atoms with E-state index in [-0.39, 0.29) is 22.5 Å². The van der Waals surface area contributed by atoms with Crippen LogP contribution in [0.15, 0.2) is 12.1 Å². The summed E-state index contributed by atoms with van der Waals surface area (Å²) < 4.78 is 19.1. The molecule has 0 saturated heterocycles. The highest BCUT2D eigenvalue weighted by Crippen LogP contribution is 2.35. The lowest BCUT2D eigenvalue weighted by molar-refractivity contribution is -0.0601. The maximum atomic E-state index is 13.7. The van der Waals surface area contributed by atoms with Crippen molar-refractivity contribution in [1.29, 1.82) is 0 Å². The molecule has 0 amide bonds. The first kappa shape index (κ1) is 13.6. The van der Waals surface area contributed by atoms with Gasteiger partial charge in [-0.3, -0.25) is 0 Å². The molecule has 19 heavy (non-hydrogen) atoms. The number of hydrogen-bond donors (Lipinski definition) is 3. The highest BCUT2D eigenvalue weighted by atomic mass is 19.1. The summed E-state index contributed by atoms with van der Waals surface area (Å²) in [7, 11) is 1.63. The summed E-state index contributed by atoms with van der Waals surface area (Å²) in [5.74, 6) is -1.74. The van der Waals surface area contributed by atoms with E-state index in [1.54, 1.807) is 7.11 Å². The van der Waals surface area contributed by atoms with Crippen LogP contribution in [0.1, 0.15) is 29.6 Å². The number of carbonyl (C=O) groups is 1. The Hall–Kier alpha value is -1.82. The Bertz CT molecular complexity index is 495. The maximum Gasteiger partial charge on any atom is 0.337 e. The Morgan fingerprint density at radius 2 is 2.26 bits per heavy atom. The van der Waals surface area contributed by atoms with Crippen LogP contribution in [-0.2, 0) is 4.74 Å². The number of aromatic carboxylic acids is 1. The third kappa shape index (κ3) is 2.63. The predicted octanol–water partition coefficient (Wildman–Crippen LogP) is 2.09. The zero-order chi connectivity index (χ0) is 14.0. The molecule has 0 radical (unpaired) electrons. The van der Waals surface area contributed by atoms with Gasteiger partial charge in [-0.2, -0.15) is 0 Å². The van der Waals surface area contributed by atoms with Crippen LogP contribution in [0.5, 0.6) is 0 Å². The van der Waals surface area contributed by atoms with E-state index < -0.39 is 11.8 Å². The van der Waals surface area contributed by atoms with Crippen LogP contribution >= 0.6 is 0 Å². The van der Waals surface area contributed by atoms with Gasteiger partial charge in [0.1, 0.15) is 5.82 Å². The third-order valence-corrected chi connectivity index (χ3v) is 3.67. The number of ether oxygens (including phenoxy) is 1. The molecule has 4 N–H and O–H groups in total. The average molecular weight is 268 g/mol. The standard InChI is InChI=1S/C13H17FN2O3/c1-19-13(3-2-4-13)7-16-11-5-8(12(17)18)10(15)6-9(11)14/h5-6,16H,2-4,7,15H2,1H3,(H,17,18). The van der Waals surface area contributed by atoms with Crippen molar-refractivity contribution >= 4 is 17.3 Å². The van der Waals surface area contributed by atoms with Crippen molar-refractivity contribution in [2.75, 3.05) is 24.7 Å². The molecule has 104 valence electrons. The number of halogens is 1. The van der Waals surface area contributed by atoms with E-state index in [4.69, 9.17) is 15.6 Å². The van der Waals surface area contributed by atoms with Crippen LogP contribution in [-0.4, -0.2) is 30.3 Å². The topological polar surface area (TPSA) is 84.6 Å². The third-order valence-electron chi connectivity index (χ3n) is 3.67. The highest BCUT2D eigenvalue weighted by molar-refractivity contribution is 5.94. The molecule has 0 aliphatic heterocycles. The number of nitrogens with two attached hydrogens (primary N) is 1. The number of methoxy groups -OCH3 is 1. The molecule has 6 heteroatoms. The van der Waals surface area contributed by atoms with Gasteiger partial charge >= 0.3 is 5.97 Å². The van der Waals surface area contributed by atoms with Crippen LogP contribution in [0.3, 0.4) is 0 Å². The second-order valence-electron chi connectivity index (χ2n) is 4.82. The van der Waals surface area contributed by atoms with Gasteiger partial charge in [-0.05, 0) is 31.4 Å². The van der Waals surface area contributed by atoms with E-state index >= 15 is 0 Å². The quantitative estimate of drug-likeness (QED) is 0.712. The Balaban J connectivity index is 2.16. The zero-order valence-corrected chi connectivity index (χ0v) is 10.7. The molecule has 0 atom stereocenters. The van der Waals surface area contributed by atoms with E-state index in [1.165, 1.54) is 6.07 Å². The Labute approximate surface area is 110 Å². The first-order chi connectivity index (χ1) is 8.97. The first-order valence-electron chi connectivity index (χ1n) is 6.09. The number of carboxylic acid groups (broad SMARTS) is 1. The van der Waals surface area contributed by atoms with Gasteiger partial charge < -0.3 is 20.9 Å². The maximum absolute atomic E-state index is 13.7. The van der Waals surface area contributed by atoms with Crippen molar-refractivity contribution in [3.8, 4) is 0 Å². The largest absolute Gasteiger partial charge is 0.478 e. The highest BCUT2D eigenvalue weighted by Gasteiger charge is 2.36. The van der Waals surface area contributed by atoms with Gasteiger partial charge in [0.05, 0.1) is 16.9 Å². The monoisotopic (exact) mass is 268 g/mol. The SMILES string of the molecule is COC1(CNc2cc(C(=O)O)c(N)cc2F)CCC1. The molecule has 0 aromatic heterocycles. The van der Waals surface area contributed by atoms with E-state index in [0.29, 0.717) is 6.54 Å². The van der Waals surface area contributed by atoms with Crippen molar-refractivity contribution in [2.45, 2.75) is 24.9 Å². The lowest BCUT2D eigenvalue weighted by atomic mass is 9.80. The fraction of sp³-hybridized carbons (Fsp3) is 0.462.